The molecule has 1 aromatic carbocycles. The summed E-state index contributed by atoms with van der Waals surface area (Å²) < 4.78 is 48.7. The normalized spacial score (nSPS) is 11.6. The van der Waals surface area contributed by atoms with Crippen LogP contribution in [0, 0.1) is 5.82 Å². The lowest BCUT2D eigenvalue weighted by Crippen LogP contribution is -2.09. The van der Waals surface area contributed by atoms with Crippen LogP contribution in [0.15, 0.2) is 29.2 Å². The van der Waals surface area contributed by atoms with Crippen LogP contribution in [0.4, 0.5) is 17.6 Å². The van der Waals surface area contributed by atoms with Crippen LogP contribution in [-0.2, 0) is 4.79 Å². The van der Waals surface area contributed by atoms with E-state index in [0.29, 0.717) is 4.90 Å². The Morgan fingerprint density at radius 3 is 2.50 bits per heavy atom. The molecule has 0 aliphatic carbocycles. The number of alkyl halides is 3. The van der Waals surface area contributed by atoms with E-state index in [2.05, 4.69) is 0 Å². The summed E-state index contributed by atoms with van der Waals surface area (Å²) >= 11 is 1.01. The van der Waals surface area contributed by atoms with E-state index >= 15 is 0 Å². The Balaban J connectivity index is 2.28. The van der Waals surface area contributed by atoms with Crippen LogP contribution in [0.2, 0.25) is 0 Å². The minimum atomic E-state index is -4.22. The summed E-state index contributed by atoms with van der Waals surface area (Å²) in [6.45, 7) is 0. The molecule has 0 bridgehead atoms. The summed E-state index contributed by atoms with van der Waals surface area (Å²) in [4.78, 5) is 11.6. The minimum Gasteiger partial charge on any atom is -0.299 e. The second kappa shape index (κ2) is 6.78. The average Bonchev–Trinajstić information content (AvgIpc) is 2.26. The van der Waals surface area contributed by atoms with Gasteiger partial charge in [0.2, 0.25) is 0 Å². The van der Waals surface area contributed by atoms with E-state index < -0.39 is 18.4 Å². The van der Waals surface area contributed by atoms with Crippen LogP contribution in [0.5, 0.6) is 0 Å². The zero-order chi connectivity index (χ0) is 13.6. The first kappa shape index (κ1) is 15.0. The molecule has 0 aromatic heterocycles. The van der Waals surface area contributed by atoms with Crippen LogP contribution >= 0.6 is 11.8 Å². The fraction of sp³-hybridized carbons (Fsp3) is 0.417. The molecule has 0 fully saturated rings. The van der Waals surface area contributed by atoms with Crippen LogP contribution in [-0.4, -0.2) is 17.7 Å². The molecular weight excluding hydrogens is 268 g/mol. The Hall–Kier alpha value is -1.04. The number of hydrogen-bond acceptors (Lipinski definition) is 2. The molecule has 1 rings (SSSR count). The molecule has 1 aromatic rings. The van der Waals surface area contributed by atoms with Crippen molar-refractivity contribution in [3.05, 3.63) is 30.1 Å². The second-order valence-corrected chi connectivity index (χ2v) is 4.74. The van der Waals surface area contributed by atoms with Crippen molar-refractivity contribution in [2.75, 3.05) is 5.75 Å². The van der Waals surface area contributed by atoms with Crippen molar-refractivity contribution in [2.24, 2.45) is 0 Å². The fourth-order valence-electron chi connectivity index (χ4n) is 1.28. The van der Waals surface area contributed by atoms with Gasteiger partial charge >= 0.3 is 6.18 Å². The van der Waals surface area contributed by atoms with E-state index in [9.17, 15) is 22.4 Å². The van der Waals surface area contributed by atoms with Gasteiger partial charge in [-0.3, -0.25) is 4.79 Å². The molecule has 0 spiro atoms. The molecule has 0 heterocycles. The summed E-state index contributed by atoms with van der Waals surface area (Å²) in [7, 11) is 0. The zero-order valence-electron chi connectivity index (χ0n) is 9.47. The number of carbonyl (C=O) groups excluding carboxylic acids is 1. The Morgan fingerprint density at radius 1 is 1.22 bits per heavy atom. The SMILES string of the molecule is O=C(CCCC(F)(F)F)CSc1ccccc1F. The molecule has 0 N–H and O–H groups in total. The Bertz CT molecular complexity index is 403. The number of ketones is 1. The standard InChI is InChI=1S/C12H12F4OS/c13-10-5-1-2-6-11(10)18-8-9(17)4-3-7-12(14,15)16/h1-2,5-6H,3-4,7-8H2. The van der Waals surface area contributed by atoms with Gasteiger partial charge in [0.1, 0.15) is 11.6 Å². The van der Waals surface area contributed by atoms with Crippen molar-refractivity contribution in [1.82, 2.24) is 0 Å². The van der Waals surface area contributed by atoms with E-state index in [1.807, 2.05) is 0 Å². The smallest absolute Gasteiger partial charge is 0.299 e. The molecule has 0 aliphatic rings. The third kappa shape index (κ3) is 6.05. The van der Waals surface area contributed by atoms with E-state index in [1.54, 1.807) is 6.07 Å². The molecule has 0 saturated carbocycles. The van der Waals surface area contributed by atoms with Gasteiger partial charge in [0.15, 0.2) is 0 Å². The zero-order valence-corrected chi connectivity index (χ0v) is 10.3. The highest BCUT2D eigenvalue weighted by Crippen LogP contribution is 2.24. The van der Waals surface area contributed by atoms with Gasteiger partial charge in [0.25, 0.3) is 0 Å². The molecule has 100 valence electrons. The first-order chi connectivity index (χ1) is 8.38. The molecule has 0 radical (unpaired) electrons. The van der Waals surface area contributed by atoms with Crippen molar-refractivity contribution in [3.63, 3.8) is 0 Å². The van der Waals surface area contributed by atoms with E-state index in [1.165, 1.54) is 18.2 Å². The monoisotopic (exact) mass is 280 g/mol. The van der Waals surface area contributed by atoms with Gasteiger partial charge in [0.05, 0.1) is 5.75 Å². The maximum atomic E-state index is 13.2. The van der Waals surface area contributed by atoms with Crippen molar-refractivity contribution >= 4 is 17.5 Å². The Labute approximate surface area is 107 Å². The average molecular weight is 280 g/mol. The van der Waals surface area contributed by atoms with Gasteiger partial charge in [0, 0.05) is 17.7 Å². The highest BCUT2D eigenvalue weighted by atomic mass is 32.2. The maximum absolute atomic E-state index is 13.2. The highest BCUT2D eigenvalue weighted by molar-refractivity contribution is 8.00. The quantitative estimate of drug-likeness (QED) is 0.573. The van der Waals surface area contributed by atoms with Gasteiger partial charge in [-0.2, -0.15) is 13.2 Å². The largest absolute Gasteiger partial charge is 0.389 e. The van der Waals surface area contributed by atoms with Gasteiger partial charge < -0.3 is 0 Å². The van der Waals surface area contributed by atoms with Gasteiger partial charge in [-0.15, -0.1) is 11.8 Å². The fourth-order valence-corrected chi connectivity index (χ4v) is 2.12. The second-order valence-electron chi connectivity index (χ2n) is 3.73. The number of Topliss-reactive ketones (excluding diaryl/α,β-unsaturated/α-hetero) is 1. The summed E-state index contributed by atoms with van der Waals surface area (Å²) in [6.07, 6.45) is -5.51. The number of rotatable bonds is 6. The molecule has 1 nitrogen and oxygen atoms in total. The Kier molecular flexibility index (Phi) is 5.65. The first-order valence-electron chi connectivity index (χ1n) is 5.34. The van der Waals surface area contributed by atoms with Crippen molar-refractivity contribution in [1.29, 1.82) is 0 Å². The number of benzene rings is 1. The van der Waals surface area contributed by atoms with Crippen LogP contribution < -0.4 is 0 Å². The molecular formula is C12H12F4OS. The molecule has 0 saturated heterocycles. The summed E-state index contributed by atoms with van der Waals surface area (Å²) in [6, 6.07) is 5.98. The number of thioether (sulfide) groups is 1. The lowest BCUT2D eigenvalue weighted by Gasteiger charge is -2.05. The van der Waals surface area contributed by atoms with Crippen molar-refractivity contribution in [2.45, 2.75) is 30.3 Å². The van der Waals surface area contributed by atoms with Crippen LogP contribution in [0.1, 0.15) is 19.3 Å². The lowest BCUT2D eigenvalue weighted by atomic mass is 10.2. The molecule has 0 unspecified atom stereocenters. The summed E-state index contributed by atoms with van der Waals surface area (Å²) in [5.41, 5.74) is 0. The maximum Gasteiger partial charge on any atom is 0.389 e. The van der Waals surface area contributed by atoms with Gasteiger partial charge in [-0.25, -0.2) is 4.39 Å². The molecule has 0 aliphatic heterocycles. The summed E-state index contributed by atoms with van der Waals surface area (Å²) in [5.74, 6) is -0.725. The van der Waals surface area contributed by atoms with E-state index in [-0.39, 0.29) is 24.4 Å². The molecule has 18 heavy (non-hydrogen) atoms. The predicted octanol–water partition coefficient (Wildman–Crippen LogP) is 4.22. The van der Waals surface area contributed by atoms with E-state index in [4.69, 9.17) is 0 Å². The number of carbonyl (C=O) groups is 1. The van der Waals surface area contributed by atoms with Crippen LogP contribution in [0.25, 0.3) is 0 Å². The molecule has 6 heteroatoms. The highest BCUT2D eigenvalue weighted by Gasteiger charge is 2.26. The van der Waals surface area contributed by atoms with Gasteiger partial charge in [-0.1, -0.05) is 12.1 Å². The topological polar surface area (TPSA) is 17.1 Å². The van der Waals surface area contributed by atoms with Gasteiger partial charge in [-0.05, 0) is 18.6 Å². The van der Waals surface area contributed by atoms with Crippen LogP contribution in [0.3, 0.4) is 0 Å². The van der Waals surface area contributed by atoms with E-state index in [0.717, 1.165) is 11.8 Å². The predicted molar refractivity (Wildman–Crippen MR) is 62.0 cm³/mol. The number of hydrogen-bond donors (Lipinski definition) is 0. The van der Waals surface area contributed by atoms with Crippen molar-refractivity contribution < 1.29 is 22.4 Å². The summed E-state index contributed by atoms with van der Waals surface area (Å²) in [5, 5.41) is 0. The lowest BCUT2D eigenvalue weighted by molar-refractivity contribution is -0.136. The Morgan fingerprint density at radius 2 is 1.89 bits per heavy atom. The first-order valence-corrected chi connectivity index (χ1v) is 6.33. The minimum absolute atomic E-state index is 0.00120. The third-order valence-electron chi connectivity index (χ3n) is 2.14. The third-order valence-corrected chi connectivity index (χ3v) is 3.25. The molecule has 0 atom stereocenters. The van der Waals surface area contributed by atoms with Crippen molar-refractivity contribution in [3.8, 4) is 0 Å². The molecule has 0 amide bonds. The number of halogens is 4.